The van der Waals surface area contributed by atoms with Gasteiger partial charge < -0.3 is 9.42 Å². The molecule has 0 atom stereocenters. The van der Waals surface area contributed by atoms with E-state index >= 15 is 0 Å². The lowest BCUT2D eigenvalue weighted by Gasteiger charge is -2.37. The van der Waals surface area contributed by atoms with Crippen molar-refractivity contribution in [3.8, 4) is 22.6 Å². The van der Waals surface area contributed by atoms with Crippen LogP contribution in [-0.4, -0.2) is 39.0 Å². The summed E-state index contributed by atoms with van der Waals surface area (Å²) in [6.45, 7) is 1.15. The summed E-state index contributed by atoms with van der Waals surface area (Å²) < 4.78 is 5.38. The number of carbonyl (C=O) groups is 1. The zero-order chi connectivity index (χ0) is 19.6. The minimum atomic E-state index is 0.0188. The van der Waals surface area contributed by atoms with Crippen molar-refractivity contribution in [3.05, 3.63) is 90.4 Å². The summed E-state index contributed by atoms with van der Waals surface area (Å²) >= 11 is 0. The number of hydrogen-bond donors (Lipinski definition) is 0. The number of likely N-dealkylation sites (tertiary alicyclic amines) is 1. The van der Waals surface area contributed by atoms with Crippen molar-refractivity contribution < 1.29 is 9.32 Å². The fourth-order valence-corrected chi connectivity index (χ4v) is 3.42. The molecule has 0 bridgehead atoms. The molecule has 0 N–H and O–H groups in total. The van der Waals surface area contributed by atoms with Crippen LogP contribution >= 0.6 is 0 Å². The van der Waals surface area contributed by atoms with E-state index < -0.39 is 0 Å². The Bertz CT molecular complexity index is 1120. The van der Waals surface area contributed by atoms with Crippen molar-refractivity contribution >= 4 is 5.91 Å². The molecule has 1 amide bonds. The normalized spacial score (nSPS) is 13.9. The Morgan fingerprint density at radius 2 is 1.62 bits per heavy atom. The zero-order valence-electron chi connectivity index (χ0n) is 15.6. The van der Waals surface area contributed by atoms with Gasteiger partial charge in [-0.2, -0.15) is 4.98 Å². The molecule has 1 aliphatic rings. The summed E-state index contributed by atoms with van der Waals surface area (Å²) in [5, 5.41) is 4.00. The number of aromatic nitrogens is 3. The van der Waals surface area contributed by atoms with Crippen molar-refractivity contribution in [2.75, 3.05) is 13.1 Å². The van der Waals surface area contributed by atoms with Crippen LogP contribution in [0.25, 0.3) is 22.6 Å². The van der Waals surface area contributed by atoms with Crippen LogP contribution in [-0.2, 0) is 0 Å². The van der Waals surface area contributed by atoms with E-state index in [1.54, 1.807) is 11.1 Å². The fourth-order valence-electron chi connectivity index (χ4n) is 3.42. The summed E-state index contributed by atoms with van der Waals surface area (Å²) in [7, 11) is 0. The second-order valence-corrected chi connectivity index (χ2v) is 7.02. The molecule has 1 saturated heterocycles. The van der Waals surface area contributed by atoms with Crippen LogP contribution in [0.2, 0.25) is 0 Å². The molecule has 0 aliphatic carbocycles. The first-order valence-corrected chi connectivity index (χ1v) is 9.48. The Labute approximate surface area is 167 Å². The van der Waals surface area contributed by atoms with Crippen LogP contribution in [0.5, 0.6) is 0 Å². The summed E-state index contributed by atoms with van der Waals surface area (Å²) in [6, 6.07) is 23.4. The molecule has 4 aromatic rings. The lowest BCUT2D eigenvalue weighted by atomic mass is 9.98. The molecular formula is C23H18N4O2. The van der Waals surface area contributed by atoms with E-state index in [9.17, 15) is 4.79 Å². The van der Waals surface area contributed by atoms with Crippen LogP contribution in [0.3, 0.4) is 0 Å². The molecule has 0 saturated carbocycles. The lowest BCUT2D eigenvalue weighted by Crippen LogP contribution is -2.48. The third-order valence-electron chi connectivity index (χ3n) is 5.09. The summed E-state index contributed by atoms with van der Waals surface area (Å²) in [4.78, 5) is 23.2. The molecule has 1 fully saturated rings. The minimum Gasteiger partial charge on any atom is -0.338 e. The van der Waals surface area contributed by atoms with Crippen molar-refractivity contribution in [2.45, 2.75) is 5.92 Å². The monoisotopic (exact) mass is 382 g/mol. The van der Waals surface area contributed by atoms with Gasteiger partial charge in [-0.05, 0) is 35.4 Å². The van der Waals surface area contributed by atoms with E-state index in [0.29, 0.717) is 36.1 Å². The van der Waals surface area contributed by atoms with Crippen molar-refractivity contribution in [1.82, 2.24) is 20.0 Å². The van der Waals surface area contributed by atoms with E-state index in [1.807, 2.05) is 60.7 Å². The van der Waals surface area contributed by atoms with Crippen molar-refractivity contribution in [1.29, 1.82) is 0 Å². The second kappa shape index (κ2) is 7.31. The van der Waals surface area contributed by atoms with Gasteiger partial charge in [-0.15, -0.1) is 0 Å². The summed E-state index contributed by atoms with van der Waals surface area (Å²) in [5.41, 5.74) is 3.59. The predicted molar refractivity (Wildman–Crippen MR) is 108 cm³/mol. The second-order valence-electron chi connectivity index (χ2n) is 7.02. The highest BCUT2D eigenvalue weighted by molar-refractivity contribution is 5.95. The Balaban J connectivity index is 1.23. The Morgan fingerprint density at radius 1 is 0.897 bits per heavy atom. The molecule has 6 nitrogen and oxygen atoms in total. The maximum absolute atomic E-state index is 12.7. The number of rotatable bonds is 4. The van der Waals surface area contributed by atoms with E-state index in [-0.39, 0.29) is 11.8 Å². The predicted octanol–water partition coefficient (Wildman–Crippen LogP) is 4.04. The number of hydrogen-bond acceptors (Lipinski definition) is 5. The quantitative estimate of drug-likeness (QED) is 0.533. The van der Waals surface area contributed by atoms with Crippen LogP contribution in [0.1, 0.15) is 22.2 Å². The third kappa shape index (κ3) is 3.40. The Morgan fingerprint density at radius 3 is 2.34 bits per heavy atom. The average Bonchev–Trinajstić information content (AvgIpc) is 3.24. The number of carbonyl (C=O) groups excluding carboxylic acids is 1. The minimum absolute atomic E-state index is 0.0188. The topological polar surface area (TPSA) is 72.1 Å². The van der Waals surface area contributed by atoms with Gasteiger partial charge in [0.05, 0.1) is 5.92 Å². The molecule has 5 rings (SSSR count). The standard InChI is InChI=1S/C23H18N4O2/c28-23(18-11-9-17(10-12-18)16-6-2-1-3-7-16)27-14-19(15-27)22-25-21(26-29-22)20-8-4-5-13-24-20/h1-13,19H,14-15H2. The van der Waals surface area contributed by atoms with Gasteiger partial charge in [-0.1, -0.05) is 53.7 Å². The van der Waals surface area contributed by atoms with E-state index in [2.05, 4.69) is 27.3 Å². The molecule has 0 radical (unpaired) electrons. The molecule has 6 heteroatoms. The van der Waals surface area contributed by atoms with Crippen LogP contribution in [0.15, 0.2) is 83.5 Å². The molecule has 2 aromatic heterocycles. The highest BCUT2D eigenvalue weighted by atomic mass is 16.5. The fraction of sp³-hybridized carbons (Fsp3) is 0.130. The molecule has 2 aromatic carbocycles. The van der Waals surface area contributed by atoms with Crippen molar-refractivity contribution in [2.24, 2.45) is 0 Å². The molecule has 142 valence electrons. The molecule has 0 spiro atoms. The Hall–Kier alpha value is -3.80. The third-order valence-corrected chi connectivity index (χ3v) is 5.09. The van der Waals surface area contributed by atoms with Gasteiger partial charge in [-0.25, -0.2) is 0 Å². The maximum atomic E-state index is 12.7. The van der Waals surface area contributed by atoms with Gasteiger partial charge in [0.25, 0.3) is 5.91 Å². The average molecular weight is 382 g/mol. The first-order valence-electron chi connectivity index (χ1n) is 9.48. The highest BCUT2D eigenvalue weighted by Crippen LogP contribution is 2.29. The van der Waals surface area contributed by atoms with Gasteiger partial charge in [0.2, 0.25) is 11.7 Å². The van der Waals surface area contributed by atoms with Crippen LogP contribution in [0, 0.1) is 0 Å². The largest absolute Gasteiger partial charge is 0.338 e. The summed E-state index contributed by atoms with van der Waals surface area (Å²) in [5.74, 6) is 1.11. The van der Waals surface area contributed by atoms with Gasteiger partial charge >= 0.3 is 0 Å². The number of benzene rings is 2. The van der Waals surface area contributed by atoms with E-state index in [0.717, 1.165) is 11.1 Å². The summed E-state index contributed by atoms with van der Waals surface area (Å²) in [6.07, 6.45) is 1.69. The lowest BCUT2D eigenvalue weighted by molar-refractivity contribution is 0.0569. The van der Waals surface area contributed by atoms with E-state index in [1.165, 1.54) is 0 Å². The number of amides is 1. The number of pyridine rings is 1. The molecule has 1 aliphatic heterocycles. The van der Waals surface area contributed by atoms with Gasteiger partial charge in [-0.3, -0.25) is 9.78 Å². The van der Waals surface area contributed by atoms with E-state index in [4.69, 9.17) is 4.52 Å². The number of nitrogens with zero attached hydrogens (tertiary/aromatic N) is 4. The van der Waals surface area contributed by atoms with Gasteiger partial charge in [0.15, 0.2) is 0 Å². The molecule has 0 unspecified atom stereocenters. The van der Waals surface area contributed by atoms with Gasteiger partial charge in [0, 0.05) is 24.8 Å². The molecule has 3 heterocycles. The van der Waals surface area contributed by atoms with Gasteiger partial charge in [0.1, 0.15) is 5.69 Å². The first-order chi connectivity index (χ1) is 14.3. The van der Waals surface area contributed by atoms with Crippen LogP contribution in [0.4, 0.5) is 0 Å². The molecular weight excluding hydrogens is 364 g/mol. The maximum Gasteiger partial charge on any atom is 0.253 e. The van der Waals surface area contributed by atoms with Crippen LogP contribution < -0.4 is 0 Å². The highest BCUT2D eigenvalue weighted by Gasteiger charge is 2.36. The Kier molecular flexibility index (Phi) is 4.37. The zero-order valence-corrected chi connectivity index (χ0v) is 15.6. The first kappa shape index (κ1) is 17.3. The molecule has 29 heavy (non-hydrogen) atoms. The smallest absolute Gasteiger partial charge is 0.253 e. The van der Waals surface area contributed by atoms with Crippen molar-refractivity contribution in [3.63, 3.8) is 0 Å². The SMILES string of the molecule is O=C(c1ccc(-c2ccccc2)cc1)N1CC(c2nc(-c3ccccn3)no2)C1.